The summed E-state index contributed by atoms with van der Waals surface area (Å²) in [6.45, 7) is 3.58. The van der Waals surface area contributed by atoms with Gasteiger partial charge in [-0.2, -0.15) is 0 Å². The van der Waals surface area contributed by atoms with Gasteiger partial charge in [0, 0.05) is 13.0 Å². The SMILES string of the molecule is Cc1nc(C)c(C(=O)N2C[C@@H](O)C[C@H]2C(=O)O)s1. The molecule has 1 aliphatic heterocycles. The van der Waals surface area contributed by atoms with Gasteiger partial charge in [0.2, 0.25) is 0 Å². The summed E-state index contributed by atoms with van der Waals surface area (Å²) in [4.78, 5) is 29.2. The molecule has 98 valence electrons. The number of likely N-dealkylation sites (tertiary alicyclic amines) is 1. The number of β-amino-alcohol motifs (C(OH)–C–C–N with tert-alkyl or cyclic N) is 1. The number of aliphatic hydroxyl groups is 1. The quantitative estimate of drug-likeness (QED) is 0.812. The summed E-state index contributed by atoms with van der Waals surface area (Å²) >= 11 is 1.25. The van der Waals surface area contributed by atoms with E-state index in [4.69, 9.17) is 5.11 Å². The maximum Gasteiger partial charge on any atom is 0.326 e. The van der Waals surface area contributed by atoms with Gasteiger partial charge in [-0.05, 0) is 13.8 Å². The average molecular weight is 270 g/mol. The number of carbonyl (C=O) groups excluding carboxylic acids is 1. The third-order valence-electron chi connectivity index (χ3n) is 2.92. The van der Waals surface area contributed by atoms with Crippen molar-refractivity contribution >= 4 is 23.2 Å². The predicted molar refractivity (Wildman–Crippen MR) is 64.7 cm³/mol. The highest BCUT2D eigenvalue weighted by Crippen LogP contribution is 2.25. The van der Waals surface area contributed by atoms with Crippen molar-refractivity contribution in [2.75, 3.05) is 6.54 Å². The molecule has 0 spiro atoms. The lowest BCUT2D eigenvalue weighted by Gasteiger charge is -2.20. The van der Waals surface area contributed by atoms with Crippen molar-refractivity contribution in [3.63, 3.8) is 0 Å². The second kappa shape index (κ2) is 4.66. The van der Waals surface area contributed by atoms with E-state index in [9.17, 15) is 14.7 Å². The smallest absolute Gasteiger partial charge is 0.326 e. The second-order valence-electron chi connectivity index (χ2n) is 4.35. The van der Waals surface area contributed by atoms with E-state index in [0.29, 0.717) is 10.6 Å². The number of thiazole rings is 1. The molecule has 2 N–H and O–H groups in total. The molecular formula is C11H14N2O4S. The van der Waals surface area contributed by atoms with Crippen LogP contribution in [-0.2, 0) is 4.79 Å². The molecule has 0 saturated carbocycles. The van der Waals surface area contributed by atoms with E-state index in [0.717, 1.165) is 5.01 Å². The van der Waals surface area contributed by atoms with Gasteiger partial charge in [-0.3, -0.25) is 4.79 Å². The molecule has 2 heterocycles. The van der Waals surface area contributed by atoms with Crippen LogP contribution in [0.25, 0.3) is 0 Å². The Morgan fingerprint density at radius 1 is 1.44 bits per heavy atom. The lowest BCUT2D eigenvalue weighted by Crippen LogP contribution is -2.40. The van der Waals surface area contributed by atoms with Gasteiger partial charge in [0.15, 0.2) is 0 Å². The van der Waals surface area contributed by atoms with E-state index in [2.05, 4.69) is 4.98 Å². The molecule has 2 rings (SSSR count). The van der Waals surface area contributed by atoms with Crippen LogP contribution in [-0.4, -0.2) is 50.7 Å². The topological polar surface area (TPSA) is 90.7 Å². The number of carbonyl (C=O) groups is 2. The minimum Gasteiger partial charge on any atom is -0.480 e. The number of aryl methyl sites for hydroxylation is 2. The van der Waals surface area contributed by atoms with E-state index < -0.39 is 18.1 Å². The fourth-order valence-corrected chi connectivity index (χ4v) is 3.01. The Kier molecular flexibility index (Phi) is 3.36. The minimum absolute atomic E-state index is 0.0617. The molecule has 6 nitrogen and oxygen atoms in total. The third-order valence-corrected chi connectivity index (χ3v) is 3.98. The molecular weight excluding hydrogens is 256 g/mol. The fraction of sp³-hybridized carbons (Fsp3) is 0.545. The second-order valence-corrected chi connectivity index (χ2v) is 5.55. The van der Waals surface area contributed by atoms with Gasteiger partial charge in [0.25, 0.3) is 5.91 Å². The number of aliphatic hydroxyl groups excluding tert-OH is 1. The summed E-state index contributed by atoms with van der Waals surface area (Å²) in [5.41, 5.74) is 0.605. The highest BCUT2D eigenvalue weighted by molar-refractivity contribution is 7.13. The van der Waals surface area contributed by atoms with Crippen LogP contribution < -0.4 is 0 Å². The molecule has 1 fully saturated rings. The van der Waals surface area contributed by atoms with Crippen molar-refractivity contribution in [1.29, 1.82) is 0 Å². The van der Waals surface area contributed by atoms with E-state index in [1.54, 1.807) is 13.8 Å². The van der Waals surface area contributed by atoms with Crippen molar-refractivity contribution < 1.29 is 19.8 Å². The number of carboxylic acid groups (broad SMARTS) is 1. The molecule has 0 aromatic carbocycles. The van der Waals surface area contributed by atoms with Crippen LogP contribution in [0, 0.1) is 13.8 Å². The normalized spacial score (nSPS) is 23.4. The molecule has 0 bridgehead atoms. The van der Waals surface area contributed by atoms with Crippen LogP contribution >= 0.6 is 11.3 Å². The number of hydrogen-bond donors (Lipinski definition) is 2. The van der Waals surface area contributed by atoms with Crippen LogP contribution in [0.15, 0.2) is 0 Å². The summed E-state index contributed by atoms with van der Waals surface area (Å²) in [5.74, 6) is -1.44. The molecule has 1 amide bonds. The number of aromatic nitrogens is 1. The molecule has 0 unspecified atom stereocenters. The summed E-state index contributed by atoms with van der Waals surface area (Å²) < 4.78 is 0. The minimum atomic E-state index is -1.08. The van der Waals surface area contributed by atoms with Gasteiger partial charge in [-0.25, -0.2) is 9.78 Å². The number of nitrogens with zero attached hydrogens (tertiary/aromatic N) is 2. The first-order chi connectivity index (χ1) is 8.40. The standard InChI is InChI=1S/C11H14N2O4S/c1-5-9(18-6(2)12-5)10(15)13-4-7(14)3-8(13)11(16)17/h7-8,14H,3-4H2,1-2H3,(H,16,17)/t7-,8-/m0/s1. The van der Waals surface area contributed by atoms with E-state index in [-0.39, 0.29) is 18.9 Å². The number of rotatable bonds is 2. The van der Waals surface area contributed by atoms with Crippen molar-refractivity contribution in [3.05, 3.63) is 15.6 Å². The van der Waals surface area contributed by atoms with Crippen molar-refractivity contribution in [3.8, 4) is 0 Å². The number of hydrogen-bond acceptors (Lipinski definition) is 5. The Labute approximate surface area is 108 Å². The monoisotopic (exact) mass is 270 g/mol. The van der Waals surface area contributed by atoms with Gasteiger partial charge in [-0.15, -0.1) is 11.3 Å². The molecule has 2 atom stereocenters. The highest BCUT2D eigenvalue weighted by Gasteiger charge is 2.40. The average Bonchev–Trinajstić information content (AvgIpc) is 2.81. The Morgan fingerprint density at radius 3 is 2.61 bits per heavy atom. The number of aliphatic carboxylic acids is 1. The number of amides is 1. The van der Waals surface area contributed by atoms with Gasteiger partial charge in [0.05, 0.1) is 16.8 Å². The molecule has 18 heavy (non-hydrogen) atoms. The van der Waals surface area contributed by atoms with Gasteiger partial charge in [-0.1, -0.05) is 0 Å². The largest absolute Gasteiger partial charge is 0.480 e. The maximum absolute atomic E-state index is 12.3. The first kappa shape index (κ1) is 13.0. The first-order valence-electron chi connectivity index (χ1n) is 5.56. The lowest BCUT2D eigenvalue weighted by molar-refractivity contribution is -0.141. The summed E-state index contributed by atoms with van der Waals surface area (Å²) in [6, 6.07) is -0.950. The Morgan fingerprint density at radius 2 is 2.11 bits per heavy atom. The van der Waals surface area contributed by atoms with Gasteiger partial charge in [0.1, 0.15) is 10.9 Å². The third kappa shape index (κ3) is 2.23. The molecule has 1 saturated heterocycles. The highest BCUT2D eigenvalue weighted by atomic mass is 32.1. The zero-order valence-corrected chi connectivity index (χ0v) is 10.9. The summed E-state index contributed by atoms with van der Waals surface area (Å²) in [6.07, 6.45) is -0.692. The molecule has 1 aromatic heterocycles. The van der Waals surface area contributed by atoms with Crippen LogP contribution in [0.3, 0.4) is 0 Å². The summed E-state index contributed by atoms with van der Waals surface area (Å²) in [5, 5.41) is 19.3. The van der Waals surface area contributed by atoms with Crippen molar-refractivity contribution in [2.45, 2.75) is 32.4 Å². The fourth-order valence-electron chi connectivity index (χ4n) is 2.13. The Bertz CT molecular complexity index is 499. The van der Waals surface area contributed by atoms with Crippen LogP contribution in [0.5, 0.6) is 0 Å². The van der Waals surface area contributed by atoms with Crippen molar-refractivity contribution in [2.24, 2.45) is 0 Å². The number of carboxylic acids is 1. The zero-order chi connectivity index (χ0) is 13.4. The van der Waals surface area contributed by atoms with Gasteiger partial charge < -0.3 is 15.1 Å². The lowest BCUT2D eigenvalue weighted by atomic mass is 10.2. The van der Waals surface area contributed by atoms with Crippen LogP contribution in [0.4, 0.5) is 0 Å². The predicted octanol–water partition coefficient (Wildman–Crippen LogP) is 0.420. The van der Waals surface area contributed by atoms with E-state index >= 15 is 0 Å². The zero-order valence-electron chi connectivity index (χ0n) is 10.1. The van der Waals surface area contributed by atoms with Gasteiger partial charge >= 0.3 is 5.97 Å². The Balaban J connectivity index is 2.28. The van der Waals surface area contributed by atoms with Crippen molar-refractivity contribution in [1.82, 2.24) is 9.88 Å². The Hall–Kier alpha value is -1.47. The van der Waals surface area contributed by atoms with Crippen LogP contribution in [0.2, 0.25) is 0 Å². The first-order valence-corrected chi connectivity index (χ1v) is 6.37. The van der Waals surface area contributed by atoms with E-state index in [1.807, 2.05) is 0 Å². The van der Waals surface area contributed by atoms with E-state index in [1.165, 1.54) is 16.2 Å². The molecule has 0 aliphatic carbocycles. The molecule has 1 aliphatic rings. The molecule has 0 radical (unpaired) electrons. The molecule has 1 aromatic rings. The maximum atomic E-state index is 12.3. The van der Waals surface area contributed by atoms with Crippen LogP contribution in [0.1, 0.15) is 26.8 Å². The summed E-state index contributed by atoms with van der Waals surface area (Å²) in [7, 11) is 0. The molecule has 7 heteroatoms.